The summed E-state index contributed by atoms with van der Waals surface area (Å²) in [5, 5.41) is 21.0. The van der Waals surface area contributed by atoms with Crippen LogP contribution in [0.25, 0.3) is 10.8 Å². The number of rotatable bonds is 3. The smallest absolute Gasteiger partial charge is 0.269 e. The average Bonchev–Trinajstić information content (AvgIpc) is 3.29. The van der Waals surface area contributed by atoms with Crippen molar-refractivity contribution in [3.05, 3.63) is 117 Å². The van der Waals surface area contributed by atoms with Crippen LogP contribution in [0, 0.1) is 10.1 Å². The first kappa shape index (κ1) is 19.8. The molecule has 6 rings (SSSR count). The van der Waals surface area contributed by atoms with E-state index in [0.717, 1.165) is 33.5 Å². The number of hydrogen-bond acceptors (Lipinski definition) is 5. The Kier molecular flexibility index (Phi) is 4.55. The Hall–Kier alpha value is -3.90. The van der Waals surface area contributed by atoms with Gasteiger partial charge in [-0.2, -0.15) is 5.10 Å². The van der Waals surface area contributed by atoms with Crippen LogP contribution in [0.5, 0.6) is 5.75 Å². The zero-order chi connectivity index (χ0) is 22.5. The normalized spacial score (nSPS) is 18.9. The molecule has 7 heteroatoms. The molecule has 0 aliphatic carbocycles. The van der Waals surface area contributed by atoms with Crippen LogP contribution in [-0.2, 0) is 0 Å². The molecule has 0 aromatic heterocycles. The number of nitro groups is 1. The second-order valence-corrected chi connectivity index (χ2v) is 8.65. The first-order valence-corrected chi connectivity index (χ1v) is 11.0. The van der Waals surface area contributed by atoms with E-state index in [1.54, 1.807) is 12.1 Å². The number of hydrazone groups is 1. The molecule has 0 fully saturated rings. The number of benzene rings is 4. The van der Waals surface area contributed by atoms with Crippen LogP contribution in [0.3, 0.4) is 0 Å². The third-order valence-electron chi connectivity index (χ3n) is 6.22. The molecule has 162 valence electrons. The molecule has 0 radical (unpaired) electrons. The minimum absolute atomic E-state index is 0.0417. The minimum Gasteiger partial charge on any atom is -0.464 e. The van der Waals surface area contributed by atoms with E-state index in [2.05, 4.69) is 30.3 Å². The average molecular weight is 456 g/mol. The van der Waals surface area contributed by atoms with Crippen molar-refractivity contribution in [1.29, 1.82) is 0 Å². The molecule has 2 heterocycles. The zero-order valence-corrected chi connectivity index (χ0v) is 18.1. The Morgan fingerprint density at radius 2 is 1.76 bits per heavy atom. The van der Waals surface area contributed by atoms with Crippen LogP contribution in [0.2, 0.25) is 5.02 Å². The number of non-ortho nitro benzene ring substituents is 1. The van der Waals surface area contributed by atoms with Gasteiger partial charge in [0.2, 0.25) is 6.23 Å². The summed E-state index contributed by atoms with van der Waals surface area (Å²) in [6.45, 7) is 0. The van der Waals surface area contributed by atoms with E-state index in [4.69, 9.17) is 21.4 Å². The molecule has 4 aromatic carbocycles. The Labute approximate surface area is 194 Å². The van der Waals surface area contributed by atoms with Crippen molar-refractivity contribution in [2.45, 2.75) is 18.7 Å². The molecule has 2 aliphatic heterocycles. The number of fused-ring (bicyclic) bond motifs is 4. The second-order valence-electron chi connectivity index (χ2n) is 8.21. The molecule has 0 bridgehead atoms. The first-order chi connectivity index (χ1) is 16.1. The van der Waals surface area contributed by atoms with E-state index in [0.29, 0.717) is 11.4 Å². The number of hydrogen-bond donors (Lipinski definition) is 0. The number of ether oxygens (including phenoxy) is 1. The maximum Gasteiger partial charge on any atom is 0.269 e. The van der Waals surface area contributed by atoms with E-state index >= 15 is 0 Å². The highest BCUT2D eigenvalue weighted by molar-refractivity contribution is 6.30. The second kappa shape index (κ2) is 7.60. The van der Waals surface area contributed by atoms with E-state index in [-0.39, 0.29) is 11.7 Å². The molecule has 0 saturated carbocycles. The van der Waals surface area contributed by atoms with Gasteiger partial charge in [0.15, 0.2) is 0 Å². The van der Waals surface area contributed by atoms with Crippen molar-refractivity contribution in [2.75, 3.05) is 0 Å². The minimum atomic E-state index is -0.498. The fourth-order valence-corrected chi connectivity index (χ4v) is 4.76. The number of nitrogens with zero attached hydrogens (tertiary/aromatic N) is 3. The summed E-state index contributed by atoms with van der Waals surface area (Å²) in [5.41, 5.74) is 3.86. The topological polar surface area (TPSA) is 68.0 Å². The van der Waals surface area contributed by atoms with Crippen LogP contribution < -0.4 is 4.74 Å². The maximum absolute atomic E-state index is 11.1. The van der Waals surface area contributed by atoms with E-state index in [1.165, 1.54) is 17.5 Å². The molecule has 0 N–H and O–H groups in total. The highest BCUT2D eigenvalue weighted by atomic mass is 35.5. The van der Waals surface area contributed by atoms with Gasteiger partial charge in [0.25, 0.3) is 5.69 Å². The van der Waals surface area contributed by atoms with Gasteiger partial charge in [-0.15, -0.1) is 0 Å². The van der Waals surface area contributed by atoms with E-state index in [1.807, 2.05) is 35.3 Å². The molecule has 6 nitrogen and oxygen atoms in total. The Morgan fingerprint density at radius 3 is 2.55 bits per heavy atom. The fourth-order valence-electron chi connectivity index (χ4n) is 4.58. The van der Waals surface area contributed by atoms with Crippen molar-refractivity contribution in [2.24, 2.45) is 5.10 Å². The molecular formula is C26H18ClN3O3. The lowest BCUT2D eigenvalue weighted by Crippen LogP contribution is -2.33. The quantitative estimate of drug-likeness (QED) is 0.256. The van der Waals surface area contributed by atoms with Gasteiger partial charge in [0.05, 0.1) is 16.7 Å². The highest BCUT2D eigenvalue weighted by Crippen LogP contribution is 2.48. The highest BCUT2D eigenvalue weighted by Gasteiger charge is 2.41. The standard InChI is InChI=1S/C26H18ClN3O3/c27-20-9-12-25-22(14-20)24-15-23(19-6-5-16-3-1-2-4-18(16)13-19)28-29(24)26(33-25)17-7-10-21(11-8-17)30(31)32/h1-14,24,26H,15H2/t24-,26-/m0/s1. The van der Waals surface area contributed by atoms with Crippen molar-refractivity contribution in [3.8, 4) is 5.75 Å². The predicted molar refractivity (Wildman–Crippen MR) is 128 cm³/mol. The summed E-state index contributed by atoms with van der Waals surface area (Å²) < 4.78 is 6.33. The van der Waals surface area contributed by atoms with Crippen molar-refractivity contribution >= 4 is 33.8 Å². The van der Waals surface area contributed by atoms with Gasteiger partial charge in [-0.05, 0) is 52.7 Å². The first-order valence-electron chi connectivity index (χ1n) is 10.6. The monoisotopic (exact) mass is 455 g/mol. The third kappa shape index (κ3) is 3.39. The van der Waals surface area contributed by atoms with Crippen molar-refractivity contribution < 1.29 is 9.66 Å². The van der Waals surface area contributed by atoms with Crippen molar-refractivity contribution in [3.63, 3.8) is 0 Å². The molecular weight excluding hydrogens is 438 g/mol. The Morgan fingerprint density at radius 1 is 0.970 bits per heavy atom. The molecule has 0 unspecified atom stereocenters. The molecule has 2 atom stereocenters. The molecule has 0 spiro atoms. The van der Waals surface area contributed by atoms with Gasteiger partial charge in [-0.25, -0.2) is 5.01 Å². The lowest BCUT2D eigenvalue weighted by molar-refractivity contribution is -0.384. The summed E-state index contributed by atoms with van der Waals surface area (Å²) in [6, 6.07) is 26.6. The third-order valence-corrected chi connectivity index (χ3v) is 6.46. The summed E-state index contributed by atoms with van der Waals surface area (Å²) in [7, 11) is 0. The van der Waals surface area contributed by atoms with E-state index < -0.39 is 11.2 Å². The van der Waals surface area contributed by atoms with Gasteiger partial charge in [-0.1, -0.05) is 48.0 Å². The lowest BCUT2D eigenvalue weighted by atomic mass is 9.95. The van der Waals surface area contributed by atoms with Gasteiger partial charge < -0.3 is 4.74 Å². The number of halogens is 1. The molecule has 4 aromatic rings. The summed E-state index contributed by atoms with van der Waals surface area (Å²) in [4.78, 5) is 10.7. The van der Waals surface area contributed by atoms with E-state index in [9.17, 15) is 10.1 Å². The number of nitro benzene ring substituents is 1. The molecule has 2 aliphatic rings. The van der Waals surface area contributed by atoms with Crippen LogP contribution in [0.4, 0.5) is 5.69 Å². The van der Waals surface area contributed by atoms with Crippen LogP contribution >= 0.6 is 11.6 Å². The van der Waals surface area contributed by atoms with Gasteiger partial charge >= 0.3 is 0 Å². The SMILES string of the molecule is O=[N+]([O-])c1ccc([C@@H]2Oc3ccc(Cl)cc3[C@@H]3CC(c4ccc5ccccc5c4)=NN32)cc1. The summed E-state index contributed by atoms with van der Waals surface area (Å²) in [5.74, 6) is 0.749. The summed E-state index contributed by atoms with van der Waals surface area (Å²) in [6.07, 6.45) is 0.209. The lowest BCUT2D eigenvalue weighted by Gasteiger charge is -2.38. The maximum atomic E-state index is 11.1. The van der Waals surface area contributed by atoms with Gasteiger partial charge in [0, 0.05) is 34.7 Å². The molecule has 0 amide bonds. The van der Waals surface area contributed by atoms with Gasteiger partial charge in [-0.3, -0.25) is 10.1 Å². The summed E-state index contributed by atoms with van der Waals surface area (Å²) >= 11 is 6.31. The van der Waals surface area contributed by atoms with Crippen LogP contribution in [0.1, 0.15) is 35.4 Å². The van der Waals surface area contributed by atoms with Crippen molar-refractivity contribution in [1.82, 2.24) is 5.01 Å². The largest absolute Gasteiger partial charge is 0.464 e. The Bertz CT molecular complexity index is 1430. The van der Waals surface area contributed by atoms with Gasteiger partial charge in [0.1, 0.15) is 5.75 Å². The fraction of sp³-hybridized carbons (Fsp3) is 0.115. The van der Waals surface area contributed by atoms with Crippen LogP contribution in [-0.4, -0.2) is 15.6 Å². The zero-order valence-electron chi connectivity index (χ0n) is 17.4. The van der Waals surface area contributed by atoms with Crippen LogP contribution in [0.15, 0.2) is 90.0 Å². The molecule has 33 heavy (non-hydrogen) atoms. The molecule has 0 saturated heterocycles. The predicted octanol–water partition coefficient (Wildman–Crippen LogP) is 6.64. The Balaban J connectivity index is 1.43.